The van der Waals surface area contributed by atoms with E-state index in [4.69, 9.17) is 0 Å². The van der Waals surface area contributed by atoms with E-state index in [-0.39, 0.29) is 17.3 Å². The summed E-state index contributed by atoms with van der Waals surface area (Å²) in [4.78, 5) is 29.4. The van der Waals surface area contributed by atoms with Crippen LogP contribution in [-0.4, -0.2) is 53.8 Å². The topological polar surface area (TPSA) is 60.9 Å². The number of nitrogens with zero attached hydrogens (tertiary/aromatic N) is 2. The molecule has 1 unspecified atom stereocenters. The molecule has 0 saturated carbocycles. The van der Waals surface area contributed by atoms with E-state index >= 15 is 0 Å². The first kappa shape index (κ1) is 16.7. The number of aliphatic hydroxyl groups is 1. The fraction of sp³-hybridized carbons (Fsp3) is 0.500. The van der Waals surface area contributed by atoms with Crippen LogP contribution in [0.3, 0.4) is 0 Å². The smallest absolute Gasteiger partial charge is 0.290 e. The van der Waals surface area contributed by atoms with Gasteiger partial charge in [0, 0.05) is 23.9 Å². The lowest BCUT2D eigenvalue weighted by atomic mass is 9.95. The number of carbonyl (C=O) groups is 2. The number of Topliss-reactive ketones (excluding diaryl/α,β-unsaturated/α-hetero) is 1. The third-order valence-electron chi connectivity index (χ3n) is 3.69. The molecule has 1 N–H and O–H groups in total. The molecule has 2 heterocycles. The molecule has 1 aromatic rings. The average molecular weight is 322 g/mol. The maximum atomic E-state index is 12.5. The van der Waals surface area contributed by atoms with E-state index in [1.165, 1.54) is 11.3 Å². The fourth-order valence-electron chi connectivity index (χ4n) is 2.50. The number of hydrogen-bond acceptors (Lipinski definition) is 5. The predicted octanol–water partition coefficient (Wildman–Crippen LogP) is 2.23. The molecule has 0 saturated heterocycles. The second-order valence-electron chi connectivity index (χ2n) is 6.00. The standard InChI is InChI=1S/C16H22N2O3S/c1-10(2)14(19)12-13(11-6-5-9-22-11)18(8-7-17(3)4)16(21)15(12)20/h5-6,9-10,13,20H,7-8H2,1-4H3. The average Bonchev–Trinajstić information content (AvgIpc) is 3.04. The minimum absolute atomic E-state index is 0.170. The zero-order valence-corrected chi connectivity index (χ0v) is 14.2. The van der Waals surface area contributed by atoms with Gasteiger partial charge in [-0.1, -0.05) is 19.9 Å². The minimum Gasteiger partial charge on any atom is -0.503 e. The summed E-state index contributed by atoms with van der Waals surface area (Å²) in [5.74, 6) is -1.28. The van der Waals surface area contributed by atoms with Gasteiger partial charge in [-0.25, -0.2) is 0 Å². The number of amides is 1. The normalized spacial score (nSPS) is 18.9. The lowest BCUT2D eigenvalue weighted by molar-refractivity contribution is -0.129. The largest absolute Gasteiger partial charge is 0.503 e. The van der Waals surface area contributed by atoms with E-state index in [1.54, 1.807) is 18.7 Å². The van der Waals surface area contributed by atoms with E-state index in [9.17, 15) is 14.7 Å². The van der Waals surface area contributed by atoms with Crippen molar-refractivity contribution < 1.29 is 14.7 Å². The molecule has 5 nitrogen and oxygen atoms in total. The molecule has 0 aromatic carbocycles. The molecule has 1 aromatic heterocycles. The van der Waals surface area contributed by atoms with E-state index in [2.05, 4.69) is 0 Å². The number of rotatable bonds is 6. The third-order valence-corrected chi connectivity index (χ3v) is 4.62. The van der Waals surface area contributed by atoms with Gasteiger partial charge in [0.1, 0.15) is 0 Å². The highest BCUT2D eigenvalue weighted by atomic mass is 32.1. The Morgan fingerprint density at radius 3 is 2.64 bits per heavy atom. The first-order valence-electron chi connectivity index (χ1n) is 7.31. The van der Waals surface area contributed by atoms with Gasteiger partial charge in [0.15, 0.2) is 11.5 Å². The Bertz CT molecular complexity index is 591. The number of thiophene rings is 1. The van der Waals surface area contributed by atoms with E-state index in [1.807, 2.05) is 36.5 Å². The Balaban J connectivity index is 2.41. The van der Waals surface area contributed by atoms with Crippen LogP contribution in [0.15, 0.2) is 28.8 Å². The maximum absolute atomic E-state index is 12.5. The van der Waals surface area contributed by atoms with Crippen molar-refractivity contribution >= 4 is 23.0 Å². The minimum atomic E-state index is -0.470. The van der Waals surface area contributed by atoms with Gasteiger partial charge in [-0.3, -0.25) is 9.59 Å². The highest BCUT2D eigenvalue weighted by Crippen LogP contribution is 2.40. The predicted molar refractivity (Wildman–Crippen MR) is 86.8 cm³/mol. The summed E-state index contributed by atoms with van der Waals surface area (Å²) in [6.07, 6.45) is 0. The first-order valence-corrected chi connectivity index (χ1v) is 8.19. The fourth-order valence-corrected chi connectivity index (χ4v) is 3.34. The van der Waals surface area contributed by atoms with Gasteiger partial charge >= 0.3 is 0 Å². The SMILES string of the molecule is CC(C)C(=O)C1=C(O)C(=O)N(CCN(C)C)C1c1cccs1. The molecular weight excluding hydrogens is 300 g/mol. The van der Waals surface area contributed by atoms with Crippen LogP contribution in [-0.2, 0) is 9.59 Å². The van der Waals surface area contributed by atoms with Gasteiger partial charge in [0.2, 0.25) is 0 Å². The van der Waals surface area contributed by atoms with Gasteiger partial charge in [0.05, 0.1) is 11.6 Å². The highest BCUT2D eigenvalue weighted by molar-refractivity contribution is 7.10. The second kappa shape index (κ2) is 6.62. The Hall–Kier alpha value is -1.66. The highest BCUT2D eigenvalue weighted by Gasteiger charge is 2.44. The van der Waals surface area contributed by atoms with Crippen molar-refractivity contribution in [2.75, 3.05) is 27.2 Å². The molecule has 0 aliphatic carbocycles. The Labute approximate surface area is 134 Å². The second-order valence-corrected chi connectivity index (χ2v) is 6.98. The van der Waals surface area contributed by atoms with Crippen LogP contribution in [0.1, 0.15) is 24.8 Å². The summed E-state index contributed by atoms with van der Waals surface area (Å²) in [7, 11) is 3.85. The van der Waals surface area contributed by atoms with E-state index < -0.39 is 17.7 Å². The van der Waals surface area contributed by atoms with Crippen molar-refractivity contribution in [1.29, 1.82) is 0 Å². The van der Waals surface area contributed by atoms with E-state index in [0.717, 1.165) is 4.88 Å². The lowest BCUT2D eigenvalue weighted by Crippen LogP contribution is -2.36. The van der Waals surface area contributed by atoms with Gasteiger partial charge in [-0.2, -0.15) is 0 Å². The summed E-state index contributed by atoms with van der Waals surface area (Å²) in [5, 5.41) is 12.2. The van der Waals surface area contributed by atoms with Crippen LogP contribution in [0.25, 0.3) is 0 Å². The molecule has 0 fully saturated rings. The molecule has 0 bridgehead atoms. The van der Waals surface area contributed by atoms with Crippen LogP contribution in [0.2, 0.25) is 0 Å². The van der Waals surface area contributed by atoms with Gasteiger partial charge in [0.25, 0.3) is 5.91 Å². The van der Waals surface area contributed by atoms with Crippen LogP contribution in [0.5, 0.6) is 0 Å². The van der Waals surface area contributed by atoms with Crippen LogP contribution >= 0.6 is 11.3 Å². The molecule has 0 spiro atoms. The molecule has 120 valence electrons. The summed E-state index contributed by atoms with van der Waals surface area (Å²) in [6.45, 7) is 4.69. The van der Waals surface area contributed by atoms with Crippen molar-refractivity contribution in [3.05, 3.63) is 33.7 Å². The van der Waals surface area contributed by atoms with Crippen LogP contribution in [0.4, 0.5) is 0 Å². The monoisotopic (exact) mass is 322 g/mol. The zero-order chi connectivity index (χ0) is 16.4. The molecule has 0 radical (unpaired) electrons. The molecule has 1 amide bonds. The number of likely N-dealkylation sites (N-methyl/N-ethyl adjacent to an activating group) is 1. The molecular formula is C16H22N2O3S. The quantitative estimate of drug-likeness (QED) is 0.872. The summed E-state index contributed by atoms with van der Waals surface area (Å²) >= 11 is 1.49. The van der Waals surface area contributed by atoms with Crippen molar-refractivity contribution in [3.63, 3.8) is 0 Å². The molecule has 2 rings (SSSR count). The van der Waals surface area contributed by atoms with Crippen LogP contribution < -0.4 is 0 Å². The van der Waals surface area contributed by atoms with Crippen LogP contribution in [0, 0.1) is 5.92 Å². The number of aliphatic hydroxyl groups excluding tert-OH is 1. The van der Waals surface area contributed by atoms with Gasteiger partial charge < -0.3 is 14.9 Å². The maximum Gasteiger partial charge on any atom is 0.290 e. The molecule has 1 aliphatic heterocycles. The van der Waals surface area contributed by atoms with Crippen molar-refractivity contribution in [1.82, 2.24) is 9.80 Å². The van der Waals surface area contributed by atoms with Crippen molar-refractivity contribution in [2.45, 2.75) is 19.9 Å². The molecule has 1 aliphatic rings. The first-order chi connectivity index (χ1) is 10.3. The van der Waals surface area contributed by atoms with E-state index in [0.29, 0.717) is 13.1 Å². The molecule has 1 atom stereocenters. The van der Waals surface area contributed by atoms with Gasteiger partial charge in [-0.15, -0.1) is 11.3 Å². The third kappa shape index (κ3) is 3.08. The number of hydrogen-bond donors (Lipinski definition) is 1. The zero-order valence-electron chi connectivity index (χ0n) is 13.4. The Morgan fingerprint density at radius 2 is 2.14 bits per heavy atom. The molecule has 6 heteroatoms. The van der Waals surface area contributed by atoms with Gasteiger partial charge in [-0.05, 0) is 25.5 Å². The summed E-state index contributed by atoms with van der Waals surface area (Å²) < 4.78 is 0. The summed E-state index contributed by atoms with van der Waals surface area (Å²) in [5.41, 5.74) is 0.237. The summed E-state index contributed by atoms with van der Waals surface area (Å²) in [6, 6.07) is 3.32. The Kier molecular flexibility index (Phi) is 5.03. The molecule has 22 heavy (non-hydrogen) atoms. The number of ketones is 1. The van der Waals surface area contributed by atoms with Crippen molar-refractivity contribution in [3.8, 4) is 0 Å². The Morgan fingerprint density at radius 1 is 1.45 bits per heavy atom. The van der Waals surface area contributed by atoms with Crippen molar-refractivity contribution in [2.24, 2.45) is 5.92 Å². The lowest BCUT2D eigenvalue weighted by Gasteiger charge is -2.27. The number of carbonyl (C=O) groups excluding carboxylic acids is 2.